The Morgan fingerprint density at radius 1 is 1.25 bits per heavy atom. The second kappa shape index (κ2) is 5.69. The van der Waals surface area contributed by atoms with Crippen LogP contribution in [0.15, 0.2) is 35.1 Å². The van der Waals surface area contributed by atoms with E-state index in [1.54, 1.807) is 31.2 Å². The van der Waals surface area contributed by atoms with Crippen molar-refractivity contribution < 1.29 is 4.79 Å². The number of anilines is 1. The number of carbonyl (C=O) groups is 1. The van der Waals surface area contributed by atoms with Gasteiger partial charge in [0.05, 0.1) is 5.69 Å². The van der Waals surface area contributed by atoms with Crippen molar-refractivity contribution in [1.29, 1.82) is 0 Å². The first-order valence-electron chi connectivity index (χ1n) is 6.46. The summed E-state index contributed by atoms with van der Waals surface area (Å²) in [6, 6.07) is 8.75. The first-order chi connectivity index (χ1) is 9.49. The minimum absolute atomic E-state index is 0.125. The molecule has 0 unspecified atom stereocenters. The van der Waals surface area contributed by atoms with Crippen molar-refractivity contribution in [3.05, 3.63) is 57.8 Å². The third-order valence-corrected chi connectivity index (χ3v) is 2.94. The van der Waals surface area contributed by atoms with E-state index in [1.807, 2.05) is 19.9 Å². The molecule has 5 heteroatoms. The molecular formula is C15H17N3O2. The number of aromatic nitrogens is 2. The van der Waals surface area contributed by atoms with E-state index in [2.05, 4.69) is 15.3 Å². The van der Waals surface area contributed by atoms with Crippen LogP contribution in [0, 0.1) is 6.92 Å². The Balaban J connectivity index is 2.31. The highest BCUT2D eigenvalue weighted by Gasteiger charge is 2.13. The van der Waals surface area contributed by atoms with Crippen molar-refractivity contribution in [1.82, 2.24) is 9.97 Å². The number of hydrogen-bond acceptors (Lipinski definition) is 3. The summed E-state index contributed by atoms with van der Waals surface area (Å²) in [5, 5.41) is 2.62. The Bertz CT molecular complexity index is 675. The van der Waals surface area contributed by atoms with Crippen LogP contribution in [-0.2, 0) is 0 Å². The molecule has 1 aromatic heterocycles. The molecule has 5 nitrogen and oxygen atoms in total. The molecule has 0 saturated carbocycles. The van der Waals surface area contributed by atoms with Gasteiger partial charge in [-0.1, -0.05) is 32.0 Å². The molecule has 2 N–H and O–H groups in total. The van der Waals surface area contributed by atoms with Gasteiger partial charge in [-0.15, -0.1) is 0 Å². The van der Waals surface area contributed by atoms with Crippen molar-refractivity contribution in [2.45, 2.75) is 26.7 Å². The average molecular weight is 271 g/mol. The zero-order valence-electron chi connectivity index (χ0n) is 11.7. The normalized spacial score (nSPS) is 10.6. The molecule has 1 heterocycles. The maximum absolute atomic E-state index is 12.0. The molecule has 0 radical (unpaired) electrons. The molecule has 0 fully saturated rings. The number of H-pyrrole nitrogens is 1. The maximum Gasteiger partial charge on any atom is 0.274 e. The standard InChI is InChI=1S/C15H17N3O2/c1-9(2)13-16-10(3)12(15(20)18-13)17-14(19)11-7-5-4-6-8-11/h4-9H,1-3H3,(H,17,19)(H,16,18,20). The summed E-state index contributed by atoms with van der Waals surface area (Å²) >= 11 is 0. The van der Waals surface area contributed by atoms with E-state index in [-0.39, 0.29) is 23.1 Å². The zero-order chi connectivity index (χ0) is 14.7. The molecule has 0 aliphatic heterocycles. The van der Waals surface area contributed by atoms with Gasteiger partial charge in [-0.2, -0.15) is 0 Å². The van der Waals surface area contributed by atoms with E-state index in [4.69, 9.17) is 0 Å². The molecule has 2 rings (SSSR count). The fourth-order valence-electron chi connectivity index (χ4n) is 1.80. The average Bonchev–Trinajstić information content (AvgIpc) is 2.43. The summed E-state index contributed by atoms with van der Waals surface area (Å²) < 4.78 is 0. The Kier molecular flexibility index (Phi) is 3.98. The van der Waals surface area contributed by atoms with Gasteiger partial charge in [0.15, 0.2) is 0 Å². The van der Waals surface area contributed by atoms with Crippen LogP contribution in [0.5, 0.6) is 0 Å². The number of rotatable bonds is 3. The molecule has 1 aromatic carbocycles. The molecule has 0 saturated heterocycles. The van der Waals surface area contributed by atoms with Crippen LogP contribution in [0.25, 0.3) is 0 Å². The third-order valence-electron chi connectivity index (χ3n) is 2.94. The topological polar surface area (TPSA) is 74.8 Å². The van der Waals surface area contributed by atoms with Crippen LogP contribution in [0.2, 0.25) is 0 Å². The van der Waals surface area contributed by atoms with E-state index in [0.29, 0.717) is 17.1 Å². The van der Waals surface area contributed by atoms with Crippen LogP contribution in [0.3, 0.4) is 0 Å². The van der Waals surface area contributed by atoms with Gasteiger partial charge in [0.25, 0.3) is 11.5 Å². The number of aryl methyl sites for hydroxylation is 1. The lowest BCUT2D eigenvalue weighted by molar-refractivity contribution is 0.102. The highest BCUT2D eigenvalue weighted by Crippen LogP contribution is 2.12. The minimum Gasteiger partial charge on any atom is -0.316 e. The number of nitrogens with zero attached hydrogens (tertiary/aromatic N) is 1. The summed E-state index contributed by atoms with van der Waals surface area (Å²) in [7, 11) is 0. The van der Waals surface area contributed by atoms with Gasteiger partial charge >= 0.3 is 0 Å². The summed E-state index contributed by atoms with van der Waals surface area (Å²) in [5.74, 6) is 0.420. The lowest BCUT2D eigenvalue weighted by atomic mass is 10.2. The molecular weight excluding hydrogens is 254 g/mol. The molecule has 1 amide bonds. The van der Waals surface area contributed by atoms with Crippen molar-refractivity contribution in [3.8, 4) is 0 Å². The van der Waals surface area contributed by atoms with Crippen molar-refractivity contribution in [2.24, 2.45) is 0 Å². The number of aromatic amines is 1. The maximum atomic E-state index is 12.0. The number of hydrogen-bond donors (Lipinski definition) is 2. The van der Waals surface area contributed by atoms with Crippen LogP contribution in [-0.4, -0.2) is 15.9 Å². The number of amides is 1. The molecule has 0 aliphatic carbocycles. The van der Waals surface area contributed by atoms with E-state index in [0.717, 1.165) is 0 Å². The Morgan fingerprint density at radius 2 is 1.90 bits per heavy atom. The van der Waals surface area contributed by atoms with Crippen molar-refractivity contribution in [3.63, 3.8) is 0 Å². The number of nitrogens with one attached hydrogen (secondary N) is 2. The fourth-order valence-corrected chi connectivity index (χ4v) is 1.80. The quantitative estimate of drug-likeness (QED) is 0.900. The van der Waals surface area contributed by atoms with Gasteiger partial charge in [-0.25, -0.2) is 4.98 Å². The minimum atomic E-state index is -0.328. The van der Waals surface area contributed by atoms with Gasteiger partial charge in [0.1, 0.15) is 11.5 Å². The molecule has 0 spiro atoms. The largest absolute Gasteiger partial charge is 0.316 e. The molecule has 0 atom stereocenters. The van der Waals surface area contributed by atoms with E-state index in [9.17, 15) is 9.59 Å². The molecule has 104 valence electrons. The Morgan fingerprint density at radius 3 is 2.45 bits per heavy atom. The molecule has 20 heavy (non-hydrogen) atoms. The summed E-state index contributed by atoms with van der Waals surface area (Å²) in [6.07, 6.45) is 0. The Hall–Kier alpha value is -2.43. The van der Waals surface area contributed by atoms with E-state index >= 15 is 0 Å². The van der Waals surface area contributed by atoms with E-state index < -0.39 is 0 Å². The van der Waals surface area contributed by atoms with Crippen molar-refractivity contribution >= 4 is 11.6 Å². The van der Waals surface area contributed by atoms with Crippen molar-refractivity contribution in [2.75, 3.05) is 5.32 Å². The predicted molar refractivity (Wildman–Crippen MR) is 78.1 cm³/mol. The zero-order valence-corrected chi connectivity index (χ0v) is 11.7. The first-order valence-corrected chi connectivity index (χ1v) is 6.46. The first kappa shape index (κ1) is 14.0. The van der Waals surface area contributed by atoms with E-state index in [1.165, 1.54) is 0 Å². The smallest absolute Gasteiger partial charge is 0.274 e. The highest BCUT2D eigenvalue weighted by molar-refractivity contribution is 6.04. The molecule has 0 bridgehead atoms. The fraction of sp³-hybridized carbons (Fsp3) is 0.267. The highest BCUT2D eigenvalue weighted by atomic mass is 16.2. The van der Waals surface area contributed by atoms with Gasteiger partial charge in [0.2, 0.25) is 0 Å². The lowest BCUT2D eigenvalue weighted by Crippen LogP contribution is -2.23. The van der Waals surface area contributed by atoms with Crippen LogP contribution >= 0.6 is 0 Å². The third kappa shape index (κ3) is 2.93. The monoisotopic (exact) mass is 271 g/mol. The predicted octanol–water partition coefficient (Wildman–Crippen LogP) is 2.45. The molecule has 2 aromatic rings. The number of benzene rings is 1. The second-order valence-electron chi connectivity index (χ2n) is 4.89. The molecule has 0 aliphatic rings. The second-order valence-corrected chi connectivity index (χ2v) is 4.89. The van der Waals surface area contributed by atoms with Gasteiger partial charge < -0.3 is 10.3 Å². The Labute approximate surface area is 117 Å². The van der Waals surface area contributed by atoms with Gasteiger partial charge in [0, 0.05) is 11.5 Å². The van der Waals surface area contributed by atoms with Crippen LogP contribution in [0.1, 0.15) is 41.6 Å². The van der Waals surface area contributed by atoms with Gasteiger partial charge in [-0.3, -0.25) is 9.59 Å². The van der Waals surface area contributed by atoms with Crippen LogP contribution < -0.4 is 10.9 Å². The summed E-state index contributed by atoms with van der Waals surface area (Å²) in [6.45, 7) is 5.60. The number of carbonyl (C=O) groups excluding carboxylic acids is 1. The van der Waals surface area contributed by atoms with Crippen LogP contribution in [0.4, 0.5) is 5.69 Å². The SMILES string of the molecule is Cc1nc(C(C)C)[nH]c(=O)c1NC(=O)c1ccccc1. The van der Waals surface area contributed by atoms with Gasteiger partial charge in [-0.05, 0) is 19.1 Å². The summed E-state index contributed by atoms with van der Waals surface area (Å²) in [5.41, 5.74) is 0.884. The lowest BCUT2D eigenvalue weighted by Gasteiger charge is -2.10. The summed E-state index contributed by atoms with van der Waals surface area (Å²) in [4.78, 5) is 31.1.